The van der Waals surface area contributed by atoms with Crippen molar-refractivity contribution >= 4 is 34.4 Å². The van der Waals surface area contributed by atoms with Gasteiger partial charge in [0.1, 0.15) is 5.70 Å². The number of hydrogen-bond donors (Lipinski definition) is 0. The first kappa shape index (κ1) is 21.0. The number of aryl methyl sites for hydroxylation is 1. The van der Waals surface area contributed by atoms with Crippen molar-refractivity contribution in [3.63, 3.8) is 0 Å². The number of nitrogens with zero attached hydrogens (tertiary/aromatic N) is 3. The minimum Gasteiger partial charge on any atom is -0.337 e. The molecule has 32 heavy (non-hydrogen) atoms. The van der Waals surface area contributed by atoms with E-state index in [-0.39, 0.29) is 17.0 Å². The number of imide groups is 1. The van der Waals surface area contributed by atoms with E-state index in [1.54, 1.807) is 17.0 Å². The standard InChI is InChI=1S/C25H21N3O4/c1-3-26(19-7-5-4-6-8-19)23-22(18-11-15-21(16-12-18)28(31)32)24(29)27(25(23)30)20-13-9-17(2)10-14-20/h4-16H,3H2,1-2H3. The molecule has 7 nitrogen and oxygen atoms in total. The van der Waals surface area contributed by atoms with Gasteiger partial charge in [0.25, 0.3) is 17.5 Å². The van der Waals surface area contributed by atoms with Gasteiger partial charge in [-0.15, -0.1) is 0 Å². The third-order valence-corrected chi connectivity index (χ3v) is 5.37. The second-order valence-corrected chi connectivity index (χ2v) is 7.39. The van der Waals surface area contributed by atoms with Gasteiger partial charge in [-0.1, -0.05) is 35.9 Å². The Morgan fingerprint density at radius 3 is 2.06 bits per heavy atom. The Kier molecular flexibility index (Phi) is 5.55. The molecule has 0 bridgehead atoms. The zero-order valence-electron chi connectivity index (χ0n) is 17.7. The molecule has 0 saturated heterocycles. The van der Waals surface area contributed by atoms with Crippen molar-refractivity contribution in [3.05, 3.63) is 106 Å². The van der Waals surface area contributed by atoms with Gasteiger partial charge in [0.2, 0.25) is 0 Å². The van der Waals surface area contributed by atoms with E-state index >= 15 is 0 Å². The number of hydrogen-bond acceptors (Lipinski definition) is 5. The average molecular weight is 427 g/mol. The number of amides is 2. The van der Waals surface area contributed by atoms with E-state index in [0.717, 1.165) is 16.2 Å². The number of nitro groups is 1. The van der Waals surface area contributed by atoms with Gasteiger partial charge < -0.3 is 4.90 Å². The van der Waals surface area contributed by atoms with E-state index in [4.69, 9.17) is 0 Å². The molecule has 0 atom stereocenters. The molecule has 0 fully saturated rings. The molecule has 2 amide bonds. The lowest BCUT2D eigenvalue weighted by Crippen LogP contribution is -2.35. The van der Waals surface area contributed by atoms with Crippen LogP contribution in [0.3, 0.4) is 0 Å². The summed E-state index contributed by atoms with van der Waals surface area (Å²) in [7, 11) is 0. The zero-order valence-corrected chi connectivity index (χ0v) is 17.7. The minimum atomic E-state index is -0.498. The number of likely N-dealkylation sites (N-methyl/N-ethyl adjacent to an activating group) is 1. The van der Waals surface area contributed by atoms with Crippen LogP contribution >= 0.6 is 0 Å². The lowest BCUT2D eigenvalue weighted by molar-refractivity contribution is -0.384. The summed E-state index contributed by atoms with van der Waals surface area (Å²) in [5.74, 6) is -0.894. The molecule has 0 spiro atoms. The first-order chi connectivity index (χ1) is 15.4. The van der Waals surface area contributed by atoms with Gasteiger partial charge in [-0.2, -0.15) is 0 Å². The zero-order chi connectivity index (χ0) is 22.8. The molecule has 0 N–H and O–H groups in total. The van der Waals surface area contributed by atoms with Crippen LogP contribution in [-0.2, 0) is 9.59 Å². The van der Waals surface area contributed by atoms with Crippen molar-refractivity contribution in [1.82, 2.24) is 0 Å². The molecule has 0 aromatic heterocycles. The van der Waals surface area contributed by atoms with E-state index in [1.807, 2.05) is 56.3 Å². The summed E-state index contributed by atoms with van der Waals surface area (Å²) < 4.78 is 0. The van der Waals surface area contributed by atoms with Crippen molar-refractivity contribution in [3.8, 4) is 0 Å². The van der Waals surface area contributed by atoms with Crippen LogP contribution in [0.25, 0.3) is 5.57 Å². The first-order valence-electron chi connectivity index (χ1n) is 10.2. The molecular weight excluding hydrogens is 406 g/mol. The molecule has 7 heteroatoms. The maximum Gasteiger partial charge on any atom is 0.282 e. The minimum absolute atomic E-state index is 0.0847. The number of anilines is 2. The number of carbonyl (C=O) groups excluding carboxylic acids is 2. The van der Waals surface area contributed by atoms with Crippen LogP contribution in [0.2, 0.25) is 0 Å². The normalized spacial score (nSPS) is 13.6. The molecule has 1 heterocycles. The van der Waals surface area contributed by atoms with Crippen molar-refractivity contribution in [1.29, 1.82) is 0 Å². The number of para-hydroxylation sites is 1. The molecule has 160 valence electrons. The SMILES string of the molecule is CCN(C1=C(c2ccc([N+](=O)[O-])cc2)C(=O)N(c2ccc(C)cc2)C1=O)c1ccccc1. The molecule has 1 aliphatic rings. The molecule has 3 aromatic carbocycles. The summed E-state index contributed by atoms with van der Waals surface area (Å²) in [4.78, 5) is 40.7. The maximum atomic E-state index is 13.6. The predicted octanol–water partition coefficient (Wildman–Crippen LogP) is 4.71. The van der Waals surface area contributed by atoms with Gasteiger partial charge in [-0.25, -0.2) is 4.90 Å². The quantitative estimate of drug-likeness (QED) is 0.323. The van der Waals surface area contributed by atoms with E-state index in [1.165, 1.54) is 24.3 Å². The third-order valence-electron chi connectivity index (χ3n) is 5.37. The summed E-state index contributed by atoms with van der Waals surface area (Å²) in [6.07, 6.45) is 0. The number of non-ortho nitro benzene ring substituents is 1. The Morgan fingerprint density at radius 2 is 1.50 bits per heavy atom. The Balaban J connectivity index is 1.89. The van der Waals surface area contributed by atoms with Gasteiger partial charge in [-0.3, -0.25) is 19.7 Å². The summed E-state index contributed by atoms with van der Waals surface area (Å²) in [6.45, 7) is 4.29. The summed E-state index contributed by atoms with van der Waals surface area (Å²) >= 11 is 0. The van der Waals surface area contributed by atoms with Crippen LogP contribution < -0.4 is 9.80 Å². The van der Waals surface area contributed by atoms with Gasteiger partial charge in [-0.05, 0) is 55.8 Å². The fraction of sp³-hybridized carbons (Fsp3) is 0.120. The fourth-order valence-corrected chi connectivity index (χ4v) is 3.78. The van der Waals surface area contributed by atoms with E-state index in [9.17, 15) is 19.7 Å². The molecule has 0 aliphatic carbocycles. The van der Waals surface area contributed by atoms with Crippen molar-refractivity contribution in [2.24, 2.45) is 0 Å². The molecule has 1 aliphatic heterocycles. The molecule has 0 unspecified atom stereocenters. The van der Waals surface area contributed by atoms with E-state index in [0.29, 0.717) is 17.8 Å². The highest BCUT2D eigenvalue weighted by molar-refractivity contribution is 6.46. The molecular formula is C25H21N3O4. The summed E-state index contributed by atoms with van der Waals surface area (Å²) in [6, 6.07) is 22.2. The van der Waals surface area contributed by atoms with Crippen LogP contribution in [-0.4, -0.2) is 23.3 Å². The number of carbonyl (C=O) groups is 2. The van der Waals surface area contributed by atoms with Crippen molar-refractivity contribution in [2.45, 2.75) is 13.8 Å². The molecule has 0 radical (unpaired) electrons. The lowest BCUT2D eigenvalue weighted by atomic mass is 10.0. The molecule has 3 aromatic rings. The monoisotopic (exact) mass is 427 g/mol. The smallest absolute Gasteiger partial charge is 0.282 e. The highest BCUT2D eigenvalue weighted by Gasteiger charge is 2.42. The van der Waals surface area contributed by atoms with Crippen LogP contribution in [0.1, 0.15) is 18.1 Å². The van der Waals surface area contributed by atoms with Gasteiger partial charge in [0.05, 0.1) is 16.2 Å². The van der Waals surface area contributed by atoms with Gasteiger partial charge in [0, 0.05) is 24.4 Å². The molecule has 4 rings (SSSR count). The second-order valence-electron chi connectivity index (χ2n) is 7.39. The highest BCUT2D eigenvalue weighted by atomic mass is 16.6. The highest BCUT2D eigenvalue weighted by Crippen LogP contribution is 2.37. The Bertz CT molecular complexity index is 1220. The van der Waals surface area contributed by atoms with Crippen molar-refractivity contribution in [2.75, 3.05) is 16.3 Å². The first-order valence-corrected chi connectivity index (χ1v) is 10.2. The number of benzene rings is 3. The largest absolute Gasteiger partial charge is 0.337 e. The summed E-state index contributed by atoms with van der Waals surface area (Å²) in [5, 5.41) is 11.1. The third kappa shape index (κ3) is 3.65. The lowest BCUT2D eigenvalue weighted by Gasteiger charge is -2.25. The maximum absolute atomic E-state index is 13.6. The van der Waals surface area contributed by atoms with Gasteiger partial charge >= 0.3 is 0 Å². The Morgan fingerprint density at radius 1 is 0.875 bits per heavy atom. The van der Waals surface area contributed by atoms with Crippen LogP contribution in [0.5, 0.6) is 0 Å². The summed E-state index contributed by atoms with van der Waals surface area (Å²) in [5.41, 5.74) is 3.09. The topological polar surface area (TPSA) is 83.8 Å². The van der Waals surface area contributed by atoms with E-state index in [2.05, 4.69) is 0 Å². The van der Waals surface area contributed by atoms with Crippen LogP contribution in [0, 0.1) is 17.0 Å². The van der Waals surface area contributed by atoms with Crippen LogP contribution in [0.15, 0.2) is 84.6 Å². The van der Waals surface area contributed by atoms with Gasteiger partial charge in [0.15, 0.2) is 0 Å². The predicted molar refractivity (Wildman–Crippen MR) is 123 cm³/mol. The second kappa shape index (κ2) is 8.47. The van der Waals surface area contributed by atoms with E-state index < -0.39 is 16.7 Å². The average Bonchev–Trinajstić information content (AvgIpc) is 3.06. The molecule has 0 saturated carbocycles. The number of nitro benzene ring substituents is 1. The fourth-order valence-electron chi connectivity index (χ4n) is 3.78. The number of rotatable bonds is 6. The Hall–Kier alpha value is -4.26. The van der Waals surface area contributed by atoms with Crippen LogP contribution in [0.4, 0.5) is 17.1 Å². The van der Waals surface area contributed by atoms with Crippen molar-refractivity contribution < 1.29 is 14.5 Å². The Labute approximate surface area is 185 Å².